The molecular weight excluding hydrogens is 362 g/mol. The van der Waals surface area contributed by atoms with Gasteiger partial charge < -0.3 is 0 Å². The van der Waals surface area contributed by atoms with Crippen molar-refractivity contribution in [3.8, 4) is 0 Å². The van der Waals surface area contributed by atoms with Crippen LogP contribution in [-0.4, -0.2) is 48.6 Å². The molecule has 128 valence electrons. The monoisotopic (exact) mass is 379 g/mol. The van der Waals surface area contributed by atoms with E-state index in [2.05, 4.69) is 11.3 Å². The Labute approximate surface area is 136 Å². The van der Waals surface area contributed by atoms with Gasteiger partial charge in [0.2, 0.25) is 10.0 Å². The molecule has 1 atom stereocenters. The summed E-state index contributed by atoms with van der Waals surface area (Å²) in [6, 6.07) is 4.91. The molecule has 0 radical (unpaired) electrons. The van der Waals surface area contributed by atoms with E-state index in [1.54, 1.807) is 0 Å². The average molecular weight is 379 g/mol. The zero-order valence-electron chi connectivity index (χ0n) is 12.2. The Kier molecular flexibility index (Phi) is 5.00. The van der Waals surface area contributed by atoms with Crippen molar-refractivity contribution in [2.45, 2.75) is 21.5 Å². The number of nitrogens with one attached hydrogen (secondary N) is 1. The highest BCUT2D eigenvalue weighted by Gasteiger charge is 2.38. The van der Waals surface area contributed by atoms with E-state index in [0.29, 0.717) is 0 Å². The highest BCUT2D eigenvalue weighted by molar-refractivity contribution is 7.96. The third-order valence-electron chi connectivity index (χ3n) is 3.49. The molecule has 10 heteroatoms. The fourth-order valence-electron chi connectivity index (χ4n) is 2.27. The lowest BCUT2D eigenvalue weighted by molar-refractivity contribution is 0.581. The van der Waals surface area contributed by atoms with Gasteiger partial charge in [-0.25, -0.2) is 30.0 Å². The molecule has 0 aromatic heterocycles. The van der Waals surface area contributed by atoms with Crippen molar-refractivity contribution in [2.24, 2.45) is 0 Å². The predicted molar refractivity (Wildman–Crippen MR) is 86.1 cm³/mol. The number of sulfonamides is 1. The van der Waals surface area contributed by atoms with E-state index in [1.165, 1.54) is 24.3 Å². The molecule has 7 nitrogen and oxygen atoms in total. The zero-order chi connectivity index (χ0) is 17.3. The van der Waals surface area contributed by atoms with Gasteiger partial charge in [-0.1, -0.05) is 12.1 Å². The van der Waals surface area contributed by atoms with Crippen molar-refractivity contribution >= 4 is 29.7 Å². The summed E-state index contributed by atoms with van der Waals surface area (Å²) < 4.78 is 74.3. The van der Waals surface area contributed by atoms with Crippen LogP contribution in [0.4, 0.5) is 0 Å². The molecule has 1 aliphatic rings. The molecule has 0 bridgehead atoms. The predicted octanol–water partition coefficient (Wildman–Crippen LogP) is 0.112. The molecule has 1 heterocycles. The summed E-state index contributed by atoms with van der Waals surface area (Å²) in [5, 5.41) is -1.04. The summed E-state index contributed by atoms with van der Waals surface area (Å²) in [5.41, 5.74) is 0. The maximum absolute atomic E-state index is 12.5. The number of rotatable bonds is 6. The van der Waals surface area contributed by atoms with Crippen molar-refractivity contribution in [3.63, 3.8) is 0 Å². The molecular formula is C13H17NO6S3. The van der Waals surface area contributed by atoms with Gasteiger partial charge in [0.25, 0.3) is 0 Å². The Balaban J connectivity index is 2.38. The number of hydrogen-bond acceptors (Lipinski definition) is 6. The minimum atomic E-state index is -3.90. The van der Waals surface area contributed by atoms with Gasteiger partial charge in [-0.05, 0) is 24.6 Å². The second-order valence-electron chi connectivity index (χ2n) is 5.19. The van der Waals surface area contributed by atoms with Crippen LogP contribution in [0.2, 0.25) is 0 Å². The van der Waals surface area contributed by atoms with E-state index >= 15 is 0 Å². The van der Waals surface area contributed by atoms with E-state index < -0.39 is 40.7 Å². The summed E-state index contributed by atoms with van der Waals surface area (Å²) in [6.45, 7) is 3.41. The van der Waals surface area contributed by atoms with Crippen LogP contribution >= 0.6 is 0 Å². The van der Waals surface area contributed by atoms with Crippen LogP contribution in [0.3, 0.4) is 0 Å². The standard InChI is InChI=1S/C13H17NO6S3/c1-2-7-14-23(19,20)12-5-3-4-11(9-12)22(17,18)13-6-8-21(15,16)10-13/h2-5,9,13-14H,1,6-8,10H2/t13-/m0/s1. The SMILES string of the molecule is C=CCNS(=O)(=O)c1cccc(S(=O)(=O)[C@H]2CCS(=O)(=O)C2)c1. The van der Waals surface area contributed by atoms with E-state index in [-0.39, 0.29) is 28.5 Å². The summed E-state index contributed by atoms with van der Waals surface area (Å²) in [6.07, 6.45) is 1.39. The Bertz CT molecular complexity index is 916. The molecule has 2 rings (SSSR count). The second-order valence-corrected chi connectivity index (χ2v) is 11.4. The van der Waals surface area contributed by atoms with Crippen molar-refractivity contribution in [3.05, 3.63) is 36.9 Å². The number of sulfone groups is 2. The highest BCUT2D eigenvalue weighted by atomic mass is 32.2. The fourth-order valence-corrected chi connectivity index (χ4v) is 7.79. The highest BCUT2D eigenvalue weighted by Crippen LogP contribution is 2.26. The van der Waals surface area contributed by atoms with Gasteiger partial charge in [-0.2, -0.15) is 0 Å². The summed E-state index contributed by atoms with van der Waals surface area (Å²) >= 11 is 0. The minimum Gasteiger partial charge on any atom is -0.229 e. The summed E-state index contributed by atoms with van der Waals surface area (Å²) in [5.74, 6) is -0.600. The molecule has 1 N–H and O–H groups in total. The number of hydrogen-bond donors (Lipinski definition) is 1. The summed E-state index contributed by atoms with van der Waals surface area (Å²) in [7, 11) is -11.1. The maximum atomic E-state index is 12.5. The molecule has 1 saturated heterocycles. The van der Waals surface area contributed by atoms with E-state index in [9.17, 15) is 25.3 Å². The van der Waals surface area contributed by atoms with Crippen LogP contribution in [0.1, 0.15) is 6.42 Å². The van der Waals surface area contributed by atoms with Crippen LogP contribution in [-0.2, 0) is 29.7 Å². The molecule has 1 aromatic carbocycles. The van der Waals surface area contributed by atoms with E-state index in [0.717, 1.165) is 6.07 Å². The van der Waals surface area contributed by atoms with Gasteiger partial charge in [0.15, 0.2) is 19.7 Å². The van der Waals surface area contributed by atoms with Crippen LogP contribution in [0.5, 0.6) is 0 Å². The van der Waals surface area contributed by atoms with Crippen LogP contribution in [0, 0.1) is 0 Å². The Hall–Kier alpha value is -1.23. The molecule has 0 amide bonds. The lowest BCUT2D eigenvalue weighted by Crippen LogP contribution is -2.25. The lowest BCUT2D eigenvalue weighted by Gasteiger charge is -2.11. The largest absolute Gasteiger partial charge is 0.240 e. The first-order chi connectivity index (χ1) is 10.6. The normalized spacial score (nSPS) is 21.1. The lowest BCUT2D eigenvalue weighted by atomic mass is 10.4. The molecule has 0 spiro atoms. The summed E-state index contributed by atoms with van der Waals surface area (Å²) in [4.78, 5) is -0.387. The second kappa shape index (κ2) is 6.34. The Morgan fingerprint density at radius 2 is 1.87 bits per heavy atom. The Morgan fingerprint density at radius 1 is 1.22 bits per heavy atom. The minimum absolute atomic E-state index is 0.0141. The van der Waals surface area contributed by atoms with Gasteiger partial charge >= 0.3 is 0 Å². The van der Waals surface area contributed by atoms with Gasteiger partial charge in [-0.3, -0.25) is 0 Å². The Morgan fingerprint density at radius 3 is 2.43 bits per heavy atom. The third-order valence-corrected chi connectivity index (χ3v) is 9.08. The molecule has 0 aliphatic carbocycles. The van der Waals surface area contributed by atoms with Gasteiger partial charge in [0.05, 0.1) is 26.5 Å². The number of benzene rings is 1. The fraction of sp³-hybridized carbons (Fsp3) is 0.385. The topological polar surface area (TPSA) is 114 Å². The van der Waals surface area contributed by atoms with E-state index in [4.69, 9.17) is 0 Å². The molecule has 1 fully saturated rings. The van der Waals surface area contributed by atoms with Crippen LogP contribution in [0.15, 0.2) is 46.7 Å². The molecule has 0 saturated carbocycles. The first-order valence-electron chi connectivity index (χ1n) is 6.73. The molecule has 23 heavy (non-hydrogen) atoms. The van der Waals surface area contributed by atoms with Crippen LogP contribution in [0.25, 0.3) is 0 Å². The smallest absolute Gasteiger partial charge is 0.229 e. The van der Waals surface area contributed by atoms with E-state index in [1.807, 2.05) is 0 Å². The van der Waals surface area contributed by atoms with Gasteiger partial charge in [0, 0.05) is 6.54 Å². The molecule has 0 unspecified atom stereocenters. The first-order valence-corrected chi connectivity index (χ1v) is 11.6. The quantitative estimate of drug-likeness (QED) is 0.702. The molecule has 1 aliphatic heterocycles. The zero-order valence-corrected chi connectivity index (χ0v) is 14.6. The van der Waals surface area contributed by atoms with Crippen molar-refractivity contribution < 1.29 is 25.3 Å². The molecule has 1 aromatic rings. The first kappa shape index (κ1) is 18.1. The average Bonchev–Trinajstić information content (AvgIpc) is 2.86. The van der Waals surface area contributed by atoms with Crippen molar-refractivity contribution in [1.29, 1.82) is 0 Å². The van der Waals surface area contributed by atoms with Gasteiger partial charge in [0.1, 0.15) is 0 Å². The maximum Gasteiger partial charge on any atom is 0.240 e. The van der Waals surface area contributed by atoms with Crippen molar-refractivity contribution in [2.75, 3.05) is 18.1 Å². The third kappa shape index (κ3) is 4.00. The van der Waals surface area contributed by atoms with Crippen molar-refractivity contribution in [1.82, 2.24) is 4.72 Å². The van der Waals surface area contributed by atoms with Crippen LogP contribution < -0.4 is 4.72 Å². The van der Waals surface area contributed by atoms with Gasteiger partial charge in [-0.15, -0.1) is 6.58 Å².